The molecule has 0 atom stereocenters. The van der Waals surface area contributed by atoms with E-state index in [0.717, 1.165) is 6.42 Å². The number of carbonyl (C=O) groups excluding carboxylic acids is 3. The maximum Gasteiger partial charge on any atom is 0.338 e. The fraction of sp³-hybridized carbons (Fsp3) is 0.269. The first-order valence-electron chi connectivity index (χ1n) is 11.4. The van der Waals surface area contributed by atoms with Crippen LogP contribution in [0.3, 0.4) is 0 Å². The van der Waals surface area contributed by atoms with Gasteiger partial charge in [-0.05, 0) is 55.8 Å². The number of aromatic nitrogens is 1. The van der Waals surface area contributed by atoms with E-state index in [4.69, 9.17) is 18.8 Å². The first-order valence-corrected chi connectivity index (χ1v) is 11.4. The molecular formula is C26H26FN3O7. The van der Waals surface area contributed by atoms with Crippen molar-refractivity contribution in [2.75, 3.05) is 26.9 Å². The van der Waals surface area contributed by atoms with E-state index >= 15 is 0 Å². The molecule has 10 nitrogen and oxygen atoms in total. The molecule has 194 valence electrons. The number of methoxy groups -OCH3 is 1. The largest absolute Gasteiger partial charge is 0.487 e. The van der Waals surface area contributed by atoms with Crippen molar-refractivity contribution in [3.8, 4) is 17.0 Å². The molecule has 0 bridgehead atoms. The molecule has 0 spiro atoms. The lowest BCUT2D eigenvalue weighted by Crippen LogP contribution is -2.28. The lowest BCUT2D eigenvalue weighted by atomic mass is 10.1. The van der Waals surface area contributed by atoms with Crippen molar-refractivity contribution in [1.82, 2.24) is 10.5 Å². The van der Waals surface area contributed by atoms with Gasteiger partial charge in [0.05, 0.1) is 19.2 Å². The van der Waals surface area contributed by atoms with Crippen LogP contribution in [0, 0.1) is 5.82 Å². The van der Waals surface area contributed by atoms with Crippen molar-refractivity contribution < 1.29 is 37.6 Å². The number of carbonyl (C=O) groups is 3. The summed E-state index contributed by atoms with van der Waals surface area (Å²) in [5.74, 6) is -1.43. The Morgan fingerprint density at radius 3 is 2.49 bits per heavy atom. The molecule has 3 aromatic rings. The van der Waals surface area contributed by atoms with E-state index in [9.17, 15) is 18.8 Å². The van der Waals surface area contributed by atoms with Gasteiger partial charge in [-0.2, -0.15) is 0 Å². The van der Waals surface area contributed by atoms with E-state index in [0.29, 0.717) is 17.9 Å². The number of benzene rings is 2. The van der Waals surface area contributed by atoms with E-state index in [1.165, 1.54) is 44.4 Å². The minimum atomic E-state index is -0.676. The summed E-state index contributed by atoms with van der Waals surface area (Å²) < 4.78 is 29.3. The molecule has 37 heavy (non-hydrogen) atoms. The Kier molecular flexibility index (Phi) is 9.48. The van der Waals surface area contributed by atoms with Crippen molar-refractivity contribution in [1.29, 1.82) is 0 Å². The van der Waals surface area contributed by atoms with E-state index in [1.54, 1.807) is 18.2 Å². The second-order valence-electron chi connectivity index (χ2n) is 7.87. The van der Waals surface area contributed by atoms with Gasteiger partial charge in [0.2, 0.25) is 0 Å². The summed E-state index contributed by atoms with van der Waals surface area (Å²) in [5.41, 5.74) is 1.51. The van der Waals surface area contributed by atoms with Gasteiger partial charge in [0.25, 0.3) is 5.91 Å². The van der Waals surface area contributed by atoms with Gasteiger partial charge in [0.15, 0.2) is 11.5 Å². The van der Waals surface area contributed by atoms with Crippen LogP contribution in [0.5, 0.6) is 5.75 Å². The molecule has 0 aliphatic heterocycles. The first-order chi connectivity index (χ1) is 17.8. The van der Waals surface area contributed by atoms with Gasteiger partial charge >= 0.3 is 5.97 Å². The molecule has 0 unspecified atom stereocenters. The first kappa shape index (κ1) is 27.1. The SMILES string of the molecule is CCCO/N=C(\COc1cc(C(=O)NCC(C)=O)cc(C(=O)OC)c1)c1cc(-c2ccc(F)cc2)no1. The maximum absolute atomic E-state index is 13.3. The highest BCUT2D eigenvalue weighted by Gasteiger charge is 2.18. The number of nitrogens with one attached hydrogen (secondary N) is 1. The van der Waals surface area contributed by atoms with E-state index in [1.807, 2.05) is 6.92 Å². The fourth-order valence-corrected chi connectivity index (χ4v) is 3.03. The van der Waals surface area contributed by atoms with Gasteiger partial charge in [-0.25, -0.2) is 9.18 Å². The molecule has 3 rings (SSSR count). The third-order valence-corrected chi connectivity index (χ3v) is 4.87. The summed E-state index contributed by atoms with van der Waals surface area (Å²) in [6.07, 6.45) is 0.717. The standard InChI is InChI=1S/C26H26FN3O7/c1-4-9-36-29-23(24-13-22(30-37-24)17-5-7-20(27)8-6-17)15-35-21-11-18(25(32)28-14-16(2)31)10-19(12-21)26(33)34-3/h5-8,10-13H,4,9,14-15H2,1-3H3,(H,28,32)/b29-23+. The van der Waals surface area contributed by atoms with Crippen molar-refractivity contribution >= 4 is 23.4 Å². The molecule has 11 heteroatoms. The summed E-state index contributed by atoms with van der Waals surface area (Å²) in [7, 11) is 1.21. The lowest BCUT2D eigenvalue weighted by Gasteiger charge is -2.11. The Morgan fingerprint density at radius 1 is 1.08 bits per heavy atom. The van der Waals surface area contributed by atoms with Crippen LogP contribution in [-0.2, 0) is 14.4 Å². The second kappa shape index (κ2) is 13.0. The van der Waals surface area contributed by atoms with Crippen LogP contribution in [0.25, 0.3) is 11.3 Å². The van der Waals surface area contributed by atoms with Crippen molar-refractivity contribution in [3.63, 3.8) is 0 Å². The maximum atomic E-state index is 13.3. The third kappa shape index (κ3) is 7.72. The topological polar surface area (TPSA) is 129 Å². The zero-order valence-corrected chi connectivity index (χ0v) is 20.6. The van der Waals surface area contributed by atoms with Gasteiger partial charge in [0, 0.05) is 17.2 Å². The number of esters is 1. The summed E-state index contributed by atoms with van der Waals surface area (Å²) >= 11 is 0. The Balaban J connectivity index is 1.85. The quantitative estimate of drug-likeness (QED) is 0.168. The Bertz CT molecular complexity index is 1290. The second-order valence-corrected chi connectivity index (χ2v) is 7.87. The highest BCUT2D eigenvalue weighted by atomic mass is 19.1. The van der Waals surface area contributed by atoms with Gasteiger partial charge < -0.3 is 24.2 Å². The van der Waals surface area contributed by atoms with E-state index in [-0.39, 0.29) is 53.1 Å². The van der Waals surface area contributed by atoms with E-state index in [2.05, 4.69) is 15.6 Å². The monoisotopic (exact) mass is 511 g/mol. The number of amides is 1. The average molecular weight is 512 g/mol. The molecule has 1 amide bonds. The molecule has 0 fully saturated rings. The molecule has 0 aliphatic rings. The van der Waals surface area contributed by atoms with Crippen molar-refractivity contribution in [3.05, 3.63) is 71.2 Å². The third-order valence-electron chi connectivity index (χ3n) is 4.87. The van der Waals surface area contributed by atoms with Gasteiger partial charge in [-0.1, -0.05) is 17.2 Å². The predicted molar refractivity (Wildman–Crippen MR) is 131 cm³/mol. The van der Waals surface area contributed by atoms with Crippen molar-refractivity contribution in [2.24, 2.45) is 5.16 Å². The van der Waals surface area contributed by atoms with Gasteiger partial charge in [-0.3, -0.25) is 9.59 Å². The number of rotatable bonds is 12. The fourth-order valence-electron chi connectivity index (χ4n) is 3.03. The predicted octanol–water partition coefficient (Wildman–Crippen LogP) is 3.80. The highest BCUT2D eigenvalue weighted by Crippen LogP contribution is 2.22. The zero-order chi connectivity index (χ0) is 26.8. The minimum absolute atomic E-state index is 0.0759. The minimum Gasteiger partial charge on any atom is -0.487 e. The molecule has 0 saturated carbocycles. The number of ether oxygens (including phenoxy) is 2. The number of nitrogens with zero attached hydrogens (tertiary/aromatic N) is 2. The van der Waals surface area contributed by atoms with Gasteiger partial charge in [-0.15, -0.1) is 0 Å². The summed E-state index contributed by atoms with van der Waals surface area (Å²) in [6.45, 7) is 3.28. The van der Waals surface area contributed by atoms with Crippen LogP contribution >= 0.6 is 0 Å². The number of hydrogen-bond acceptors (Lipinski definition) is 9. The van der Waals surface area contributed by atoms with Crippen molar-refractivity contribution in [2.45, 2.75) is 20.3 Å². The van der Waals surface area contributed by atoms with Crippen LogP contribution in [0.15, 0.2) is 58.2 Å². The summed E-state index contributed by atoms with van der Waals surface area (Å²) in [5, 5.41) is 10.6. The molecule has 0 aliphatic carbocycles. The molecule has 1 aromatic heterocycles. The Morgan fingerprint density at radius 2 is 1.81 bits per heavy atom. The molecule has 0 radical (unpaired) electrons. The smallest absolute Gasteiger partial charge is 0.338 e. The molecule has 2 aromatic carbocycles. The van der Waals surface area contributed by atoms with Gasteiger partial charge in [0.1, 0.15) is 36.3 Å². The Hall–Kier alpha value is -4.54. The average Bonchev–Trinajstić information content (AvgIpc) is 3.39. The number of halogens is 1. The van der Waals surface area contributed by atoms with Crippen LogP contribution in [0.4, 0.5) is 4.39 Å². The number of hydrogen-bond donors (Lipinski definition) is 1. The van der Waals surface area contributed by atoms with Crippen LogP contribution in [0.2, 0.25) is 0 Å². The molecule has 0 saturated heterocycles. The summed E-state index contributed by atoms with van der Waals surface area (Å²) in [4.78, 5) is 41.2. The van der Waals surface area contributed by atoms with E-state index < -0.39 is 11.9 Å². The number of ketones is 1. The number of oxime groups is 1. The Labute approximate surface area is 212 Å². The molecule has 1 N–H and O–H groups in total. The lowest BCUT2D eigenvalue weighted by molar-refractivity contribution is -0.116. The zero-order valence-electron chi connectivity index (χ0n) is 20.6. The normalized spacial score (nSPS) is 11.1. The highest BCUT2D eigenvalue weighted by molar-refractivity contribution is 6.01. The van der Waals surface area contributed by atoms with Crippen LogP contribution in [-0.4, -0.2) is 55.4 Å². The number of Topliss-reactive ketones (excluding diaryl/α,β-unsaturated/α-hetero) is 1. The molecular weight excluding hydrogens is 485 g/mol. The van der Waals surface area contributed by atoms with Crippen LogP contribution in [0.1, 0.15) is 46.7 Å². The van der Waals surface area contributed by atoms with Crippen LogP contribution < -0.4 is 10.1 Å². The summed E-state index contributed by atoms with van der Waals surface area (Å²) in [6, 6.07) is 11.5. The molecule has 1 heterocycles.